The minimum Gasteiger partial charge on any atom is -0.391 e. The van der Waals surface area contributed by atoms with Crippen LogP contribution in [0.1, 0.15) is 23.8 Å². The number of aromatic nitrogens is 1. The highest BCUT2D eigenvalue weighted by Gasteiger charge is 2.20. The molecule has 1 unspecified atom stereocenters. The van der Waals surface area contributed by atoms with Gasteiger partial charge < -0.3 is 21.1 Å². The lowest BCUT2D eigenvalue weighted by Crippen LogP contribution is -2.44. The monoisotopic (exact) mass is 355 g/mol. The van der Waals surface area contributed by atoms with Gasteiger partial charge in [0.05, 0.1) is 6.10 Å². The molecule has 1 heterocycles. The van der Waals surface area contributed by atoms with Crippen LogP contribution in [-0.4, -0.2) is 34.7 Å². The molecule has 136 valence electrons. The minimum absolute atomic E-state index is 0.159. The van der Waals surface area contributed by atoms with E-state index in [4.69, 9.17) is 5.73 Å². The lowest BCUT2D eigenvalue weighted by Gasteiger charge is -2.17. The molecule has 5 nitrogen and oxygen atoms in total. The number of nitrogens with one attached hydrogen (secondary N) is 2. The molecule has 0 bridgehead atoms. The highest BCUT2D eigenvalue weighted by atomic mass is 19.1. The fraction of sp³-hybridized carbons (Fsp3) is 0.250. The van der Waals surface area contributed by atoms with Gasteiger partial charge in [0, 0.05) is 29.1 Å². The quantitative estimate of drug-likeness (QED) is 0.548. The lowest BCUT2D eigenvalue weighted by atomic mass is 10.0. The van der Waals surface area contributed by atoms with E-state index in [9.17, 15) is 14.3 Å². The maximum Gasteiger partial charge on any atom is 0.268 e. The number of halogens is 1. The molecule has 1 amide bonds. The van der Waals surface area contributed by atoms with Crippen LogP contribution >= 0.6 is 0 Å². The maximum atomic E-state index is 13.3. The Bertz CT molecular complexity index is 905. The molecule has 3 rings (SSSR count). The zero-order valence-electron chi connectivity index (χ0n) is 14.5. The second-order valence-electron chi connectivity index (χ2n) is 6.28. The molecule has 26 heavy (non-hydrogen) atoms. The third-order valence-corrected chi connectivity index (χ3v) is 4.48. The van der Waals surface area contributed by atoms with Crippen molar-refractivity contribution in [3.63, 3.8) is 0 Å². The van der Waals surface area contributed by atoms with Crippen LogP contribution in [0.4, 0.5) is 4.39 Å². The normalized spacial score (nSPS) is 13.5. The smallest absolute Gasteiger partial charge is 0.268 e. The van der Waals surface area contributed by atoms with Gasteiger partial charge in [0.2, 0.25) is 0 Å². The minimum atomic E-state index is -0.672. The van der Waals surface area contributed by atoms with E-state index in [0.29, 0.717) is 17.7 Å². The number of aliphatic hydroxyl groups excluding tert-OH is 1. The van der Waals surface area contributed by atoms with Crippen LogP contribution in [0.2, 0.25) is 0 Å². The van der Waals surface area contributed by atoms with Crippen LogP contribution in [0.3, 0.4) is 0 Å². The summed E-state index contributed by atoms with van der Waals surface area (Å²) in [5.74, 6) is -0.654. The molecule has 5 N–H and O–H groups in total. The number of benzene rings is 2. The summed E-state index contributed by atoms with van der Waals surface area (Å²) >= 11 is 0. The van der Waals surface area contributed by atoms with Crippen molar-refractivity contribution in [1.29, 1.82) is 0 Å². The molecule has 3 aromatic rings. The van der Waals surface area contributed by atoms with E-state index < -0.39 is 12.1 Å². The number of hydrogen-bond acceptors (Lipinski definition) is 3. The average Bonchev–Trinajstić information content (AvgIpc) is 3.05. The molecule has 2 aromatic carbocycles. The highest BCUT2D eigenvalue weighted by Crippen LogP contribution is 2.32. The number of aromatic amines is 1. The summed E-state index contributed by atoms with van der Waals surface area (Å²) in [4.78, 5) is 15.9. The van der Waals surface area contributed by atoms with Crippen molar-refractivity contribution < 1.29 is 14.3 Å². The zero-order valence-corrected chi connectivity index (χ0v) is 14.5. The Morgan fingerprint density at radius 3 is 2.62 bits per heavy atom. The number of para-hydroxylation sites is 1. The number of rotatable bonds is 6. The molecule has 2 atom stereocenters. The van der Waals surface area contributed by atoms with E-state index in [1.54, 1.807) is 12.1 Å². The number of carbonyl (C=O) groups excluding carboxylic acids is 1. The molecule has 0 aliphatic carbocycles. The Labute approximate surface area is 151 Å². The zero-order chi connectivity index (χ0) is 18.7. The lowest BCUT2D eigenvalue weighted by molar-refractivity contribution is 0.0926. The van der Waals surface area contributed by atoms with Crippen LogP contribution in [0.25, 0.3) is 22.0 Å². The van der Waals surface area contributed by atoms with Gasteiger partial charge in [-0.3, -0.25) is 4.79 Å². The first-order valence-electron chi connectivity index (χ1n) is 8.59. The first kappa shape index (κ1) is 18.1. The molecular weight excluding hydrogens is 333 g/mol. The summed E-state index contributed by atoms with van der Waals surface area (Å²) in [7, 11) is 0. The average molecular weight is 355 g/mol. The summed E-state index contributed by atoms with van der Waals surface area (Å²) in [5, 5.41) is 13.4. The Morgan fingerprint density at radius 1 is 1.23 bits per heavy atom. The van der Waals surface area contributed by atoms with Crippen molar-refractivity contribution in [3.8, 4) is 11.1 Å². The summed E-state index contributed by atoms with van der Waals surface area (Å²) in [6, 6.07) is 13.0. The summed E-state index contributed by atoms with van der Waals surface area (Å²) in [5.41, 5.74) is 8.53. The molecular formula is C20H22FN3O2. The predicted molar refractivity (Wildman–Crippen MR) is 100 cm³/mol. The predicted octanol–water partition coefficient (Wildman–Crippen LogP) is 2.80. The number of aliphatic hydroxyl groups is 1. The molecule has 0 fully saturated rings. The fourth-order valence-electron chi connectivity index (χ4n) is 2.97. The Kier molecular flexibility index (Phi) is 5.35. The van der Waals surface area contributed by atoms with Crippen molar-refractivity contribution in [3.05, 3.63) is 60.0 Å². The van der Waals surface area contributed by atoms with Crippen LogP contribution in [0.15, 0.2) is 48.5 Å². The molecule has 0 aliphatic heterocycles. The van der Waals surface area contributed by atoms with Crippen molar-refractivity contribution in [2.45, 2.75) is 25.5 Å². The molecule has 6 heteroatoms. The topological polar surface area (TPSA) is 91.1 Å². The summed E-state index contributed by atoms with van der Waals surface area (Å²) < 4.78 is 13.3. The number of fused-ring (bicyclic) bond motifs is 1. The molecule has 0 saturated heterocycles. The molecule has 1 aromatic heterocycles. The van der Waals surface area contributed by atoms with Gasteiger partial charge in [-0.05, 0) is 30.2 Å². The van der Waals surface area contributed by atoms with Crippen molar-refractivity contribution in [1.82, 2.24) is 10.3 Å². The van der Waals surface area contributed by atoms with Gasteiger partial charge in [-0.25, -0.2) is 4.39 Å². The fourth-order valence-corrected chi connectivity index (χ4v) is 2.97. The van der Waals surface area contributed by atoms with Gasteiger partial charge in [0.25, 0.3) is 5.91 Å². The second kappa shape index (κ2) is 7.68. The third-order valence-electron chi connectivity index (χ3n) is 4.48. The van der Waals surface area contributed by atoms with Gasteiger partial charge in [-0.1, -0.05) is 37.3 Å². The number of carbonyl (C=O) groups is 1. The number of nitrogens with two attached hydrogens (primary N) is 1. The third kappa shape index (κ3) is 3.61. The van der Waals surface area contributed by atoms with E-state index >= 15 is 0 Å². The number of H-pyrrole nitrogens is 1. The van der Waals surface area contributed by atoms with E-state index in [1.165, 1.54) is 12.1 Å². The van der Waals surface area contributed by atoms with Crippen LogP contribution in [0, 0.1) is 5.82 Å². The second-order valence-corrected chi connectivity index (χ2v) is 6.28. The van der Waals surface area contributed by atoms with Gasteiger partial charge >= 0.3 is 0 Å². The number of hydrogen-bond donors (Lipinski definition) is 4. The van der Waals surface area contributed by atoms with Crippen LogP contribution < -0.4 is 11.1 Å². The van der Waals surface area contributed by atoms with Crippen molar-refractivity contribution >= 4 is 16.8 Å². The highest BCUT2D eigenvalue weighted by molar-refractivity contribution is 6.09. The SMILES string of the molecule is CCC(O)[C@H](N)CNC(=O)c1[nH]c2ccccc2c1-c1ccc(F)cc1. The molecule has 0 saturated carbocycles. The van der Waals surface area contributed by atoms with E-state index in [-0.39, 0.29) is 18.3 Å². The van der Waals surface area contributed by atoms with Gasteiger partial charge in [-0.2, -0.15) is 0 Å². The van der Waals surface area contributed by atoms with Gasteiger partial charge in [0.15, 0.2) is 0 Å². The van der Waals surface area contributed by atoms with E-state index in [0.717, 1.165) is 16.5 Å². The maximum absolute atomic E-state index is 13.3. The standard InChI is InChI=1S/C20H22FN3O2/c1-2-17(25)15(22)11-23-20(26)19-18(12-7-9-13(21)10-8-12)14-5-3-4-6-16(14)24-19/h3-10,15,17,24-25H,2,11,22H2,1H3,(H,23,26)/t15-,17?/m1/s1. The van der Waals surface area contributed by atoms with E-state index in [1.807, 2.05) is 31.2 Å². The Hall–Kier alpha value is -2.70. The summed E-state index contributed by atoms with van der Waals surface area (Å²) in [6.45, 7) is 1.99. The molecule has 0 radical (unpaired) electrons. The summed E-state index contributed by atoms with van der Waals surface area (Å²) in [6.07, 6.45) is -0.154. The molecule has 0 spiro atoms. The Morgan fingerprint density at radius 2 is 1.92 bits per heavy atom. The van der Waals surface area contributed by atoms with Crippen LogP contribution in [-0.2, 0) is 0 Å². The van der Waals surface area contributed by atoms with Gasteiger partial charge in [0.1, 0.15) is 11.5 Å². The molecule has 0 aliphatic rings. The van der Waals surface area contributed by atoms with Gasteiger partial charge in [-0.15, -0.1) is 0 Å². The number of amides is 1. The van der Waals surface area contributed by atoms with Crippen LogP contribution in [0.5, 0.6) is 0 Å². The Balaban J connectivity index is 1.96. The largest absolute Gasteiger partial charge is 0.391 e. The van der Waals surface area contributed by atoms with Crippen molar-refractivity contribution in [2.24, 2.45) is 5.73 Å². The van der Waals surface area contributed by atoms with E-state index in [2.05, 4.69) is 10.3 Å². The first-order chi connectivity index (χ1) is 12.5. The van der Waals surface area contributed by atoms with Crippen molar-refractivity contribution in [2.75, 3.05) is 6.54 Å². The first-order valence-corrected chi connectivity index (χ1v) is 8.59.